The van der Waals surface area contributed by atoms with Crippen LogP contribution in [0.3, 0.4) is 0 Å². The summed E-state index contributed by atoms with van der Waals surface area (Å²) in [6.07, 6.45) is 11.8. The summed E-state index contributed by atoms with van der Waals surface area (Å²) in [5.74, 6) is 1.08. The smallest absolute Gasteiger partial charge is 0.0582 e. The molecule has 0 saturated heterocycles. The predicted octanol–water partition coefficient (Wildman–Crippen LogP) is 5.81. The molecule has 0 aromatic rings. The van der Waals surface area contributed by atoms with E-state index in [-0.39, 0.29) is 0 Å². The number of rotatable bonds is 7. The summed E-state index contributed by atoms with van der Waals surface area (Å²) < 4.78 is 6.54. The van der Waals surface area contributed by atoms with Crippen LogP contribution in [-0.2, 0) is 4.74 Å². The van der Waals surface area contributed by atoms with Crippen LogP contribution in [0.4, 0.5) is 0 Å². The van der Waals surface area contributed by atoms with Crippen LogP contribution in [0.2, 0.25) is 0 Å². The zero-order valence-corrected chi connectivity index (χ0v) is 16.5. The number of hydrazone groups is 1. The lowest BCUT2D eigenvalue weighted by Gasteiger charge is -2.34. The molecule has 24 heavy (non-hydrogen) atoms. The zero-order valence-electron chi connectivity index (χ0n) is 16.5. The van der Waals surface area contributed by atoms with Crippen LogP contribution in [-0.4, -0.2) is 17.9 Å². The van der Waals surface area contributed by atoms with Gasteiger partial charge in [0.05, 0.1) is 12.2 Å². The Bertz CT molecular complexity index is 447. The molecular weight excluding hydrogens is 296 g/mol. The van der Waals surface area contributed by atoms with Gasteiger partial charge in [0.1, 0.15) is 0 Å². The number of hydrogen-bond acceptors (Lipinski definition) is 3. The second kappa shape index (κ2) is 9.60. The summed E-state index contributed by atoms with van der Waals surface area (Å²) in [4.78, 5) is 0. The van der Waals surface area contributed by atoms with Gasteiger partial charge in [0.2, 0.25) is 0 Å². The molecule has 1 fully saturated rings. The highest BCUT2D eigenvalue weighted by atomic mass is 16.5. The molecule has 1 N–H and O–H groups in total. The second-order valence-electron chi connectivity index (χ2n) is 7.94. The van der Waals surface area contributed by atoms with E-state index in [9.17, 15) is 0 Å². The van der Waals surface area contributed by atoms with Gasteiger partial charge in [0, 0.05) is 17.3 Å². The molecular formula is C21H38N2O. The molecule has 2 unspecified atom stereocenters. The first kappa shape index (κ1) is 19.5. The van der Waals surface area contributed by atoms with Crippen LogP contribution in [0.5, 0.6) is 0 Å². The van der Waals surface area contributed by atoms with Crippen molar-refractivity contribution in [3.8, 4) is 0 Å². The number of ether oxygens (including phenoxy) is 1. The Morgan fingerprint density at radius 2 is 1.83 bits per heavy atom. The number of fused-ring (bicyclic) bond motifs is 1. The number of allylic oxidation sites excluding steroid dienone is 2. The van der Waals surface area contributed by atoms with E-state index in [1.807, 2.05) is 0 Å². The highest BCUT2D eigenvalue weighted by Crippen LogP contribution is 2.35. The fraction of sp³-hybridized carbons (Fsp3) is 0.857. The molecule has 1 aliphatic carbocycles. The van der Waals surface area contributed by atoms with E-state index < -0.39 is 0 Å². The normalized spacial score (nSPS) is 25.2. The Balaban J connectivity index is 2.05. The van der Waals surface area contributed by atoms with Gasteiger partial charge in [-0.1, -0.05) is 40.5 Å². The fourth-order valence-electron chi connectivity index (χ4n) is 4.27. The molecule has 3 heteroatoms. The van der Waals surface area contributed by atoms with E-state index in [4.69, 9.17) is 4.74 Å². The zero-order chi connectivity index (χ0) is 17.5. The van der Waals surface area contributed by atoms with Crippen LogP contribution < -0.4 is 5.43 Å². The lowest BCUT2D eigenvalue weighted by Crippen LogP contribution is -2.32. The van der Waals surface area contributed by atoms with Gasteiger partial charge in [-0.2, -0.15) is 5.10 Å². The molecule has 0 radical (unpaired) electrons. The van der Waals surface area contributed by atoms with Crippen LogP contribution >= 0.6 is 0 Å². The van der Waals surface area contributed by atoms with E-state index in [1.54, 1.807) is 5.57 Å². The van der Waals surface area contributed by atoms with Crippen molar-refractivity contribution in [2.75, 3.05) is 0 Å². The average molecular weight is 335 g/mol. The predicted molar refractivity (Wildman–Crippen MR) is 103 cm³/mol. The van der Waals surface area contributed by atoms with Gasteiger partial charge in [-0.3, -0.25) is 5.43 Å². The highest BCUT2D eigenvalue weighted by molar-refractivity contribution is 5.87. The Morgan fingerprint density at radius 3 is 2.46 bits per heavy atom. The molecule has 0 spiro atoms. The van der Waals surface area contributed by atoms with Crippen molar-refractivity contribution in [3.63, 3.8) is 0 Å². The molecule has 138 valence electrons. The van der Waals surface area contributed by atoms with Gasteiger partial charge in [0.25, 0.3) is 0 Å². The van der Waals surface area contributed by atoms with Crippen molar-refractivity contribution in [3.05, 3.63) is 11.3 Å². The van der Waals surface area contributed by atoms with Gasteiger partial charge in [-0.15, -0.1) is 0 Å². The van der Waals surface area contributed by atoms with Gasteiger partial charge in [-0.05, 0) is 63.4 Å². The number of nitrogens with zero attached hydrogens (tertiary/aromatic N) is 1. The van der Waals surface area contributed by atoms with E-state index in [2.05, 4.69) is 45.1 Å². The van der Waals surface area contributed by atoms with E-state index in [1.165, 1.54) is 62.8 Å². The number of hydrogen-bond donors (Lipinski definition) is 1. The summed E-state index contributed by atoms with van der Waals surface area (Å²) in [6, 6.07) is 0. The van der Waals surface area contributed by atoms with Crippen LogP contribution in [0, 0.1) is 11.8 Å². The lowest BCUT2D eigenvalue weighted by atomic mass is 9.80. The number of nitrogens with one attached hydrogen (secondary N) is 1. The molecule has 1 saturated carbocycles. The summed E-state index contributed by atoms with van der Waals surface area (Å²) in [6.45, 7) is 11.3. The van der Waals surface area contributed by atoms with Crippen molar-refractivity contribution < 1.29 is 4.74 Å². The third-order valence-electron chi connectivity index (χ3n) is 5.56. The minimum atomic E-state index is 0.439. The lowest BCUT2D eigenvalue weighted by molar-refractivity contribution is -0.0312. The van der Waals surface area contributed by atoms with Crippen molar-refractivity contribution in [2.45, 2.75) is 105 Å². The molecule has 0 amide bonds. The minimum Gasteiger partial charge on any atom is -0.375 e. The standard InChI is InChI=1S/C21H38N2O/c1-6-9-17(10-7-2)24-18-11-8-12-19-16(5)22-23-21(15(3)4)20(19)14-13-18/h15,17-19,23H,6-14H2,1-5H3. The van der Waals surface area contributed by atoms with E-state index in [0.29, 0.717) is 24.0 Å². The molecule has 0 aromatic heterocycles. The van der Waals surface area contributed by atoms with Gasteiger partial charge >= 0.3 is 0 Å². The van der Waals surface area contributed by atoms with Gasteiger partial charge in [-0.25, -0.2) is 0 Å². The van der Waals surface area contributed by atoms with Crippen molar-refractivity contribution >= 4 is 5.71 Å². The van der Waals surface area contributed by atoms with Crippen LogP contribution in [0.1, 0.15) is 92.4 Å². The molecule has 2 rings (SSSR count). The minimum absolute atomic E-state index is 0.439. The van der Waals surface area contributed by atoms with Crippen molar-refractivity contribution in [1.29, 1.82) is 0 Å². The molecule has 3 nitrogen and oxygen atoms in total. The van der Waals surface area contributed by atoms with Crippen molar-refractivity contribution in [2.24, 2.45) is 16.9 Å². The third kappa shape index (κ3) is 5.08. The highest BCUT2D eigenvalue weighted by Gasteiger charge is 2.29. The van der Waals surface area contributed by atoms with Gasteiger partial charge < -0.3 is 4.74 Å². The largest absolute Gasteiger partial charge is 0.375 e. The first-order valence-electron chi connectivity index (χ1n) is 10.2. The summed E-state index contributed by atoms with van der Waals surface area (Å²) in [7, 11) is 0. The fourth-order valence-corrected chi connectivity index (χ4v) is 4.27. The van der Waals surface area contributed by atoms with Crippen LogP contribution in [0.15, 0.2) is 16.4 Å². The second-order valence-corrected chi connectivity index (χ2v) is 7.94. The molecule has 1 aliphatic heterocycles. The topological polar surface area (TPSA) is 33.6 Å². The Kier molecular flexibility index (Phi) is 7.80. The first-order valence-corrected chi connectivity index (χ1v) is 10.2. The average Bonchev–Trinajstić information content (AvgIpc) is 2.51. The van der Waals surface area contributed by atoms with E-state index in [0.717, 1.165) is 6.42 Å². The monoisotopic (exact) mass is 334 g/mol. The Morgan fingerprint density at radius 1 is 1.12 bits per heavy atom. The molecule has 2 aliphatic rings. The summed E-state index contributed by atoms with van der Waals surface area (Å²) in [5.41, 5.74) is 7.58. The molecule has 2 atom stereocenters. The first-order chi connectivity index (χ1) is 11.6. The molecule has 1 heterocycles. The van der Waals surface area contributed by atoms with Crippen LogP contribution in [0.25, 0.3) is 0 Å². The quantitative estimate of drug-likeness (QED) is 0.637. The van der Waals surface area contributed by atoms with E-state index >= 15 is 0 Å². The molecule has 0 bridgehead atoms. The maximum Gasteiger partial charge on any atom is 0.0582 e. The Hall–Kier alpha value is -0.830. The SMILES string of the molecule is CCCC(CCC)OC1CCCC2C(C)=NNC(C(C)C)=C2CC1. The van der Waals surface area contributed by atoms with Crippen molar-refractivity contribution in [1.82, 2.24) is 5.43 Å². The summed E-state index contributed by atoms with van der Waals surface area (Å²) in [5, 5.41) is 4.58. The van der Waals surface area contributed by atoms with Gasteiger partial charge in [0.15, 0.2) is 0 Å². The molecule has 0 aromatic carbocycles. The summed E-state index contributed by atoms with van der Waals surface area (Å²) >= 11 is 0. The maximum absolute atomic E-state index is 6.54. The third-order valence-corrected chi connectivity index (χ3v) is 5.56. The Labute approximate surface area is 149 Å². The maximum atomic E-state index is 6.54.